The van der Waals surface area contributed by atoms with Crippen molar-refractivity contribution in [3.8, 4) is 5.75 Å². The fourth-order valence-electron chi connectivity index (χ4n) is 2.03. The summed E-state index contributed by atoms with van der Waals surface area (Å²) in [6.45, 7) is 1.02. The van der Waals surface area contributed by atoms with E-state index in [2.05, 4.69) is 26.6 Å². The monoisotopic (exact) mass is 362 g/mol. The maximum atomic E-state index is 11.8. The highest BCUT2D eigenvalue weighted by atomic mass is 79.9. The number of hydrogen-bond donors (Lipinski definition) is 2. The van der Waals surface area contributed by atoms with Crippen molar-refractivity contribution < 1.29 is 9.53 Å². The number of hydrogen-bond acceptors (Lipinski definition) is 3. The Balaban J connectivity index is 1.70. The van der Waals surface area contributed by atoms with E-state index in [1.807, 2.05) is 48.5 Å². The molecule has 2 aromatic carbocycles. The van der Waals surface area contributed by atoms with Crippen LogP contribution in [0.15, 0.2) is 53.0 Å². The van der Waals surface area contributed by atoms with Gasteiger partial charge >= 0.3 is 0 Å². The molecule has 0 fully saturated rings. The number of carbonyl (C=O) groups excluding carboxylic acids is 1. The normalized spacial score (nSPS) is 10.3. The maximum Gasteiger partial charge on any atom is 0.238 e. The first-order valence-corrected chi connectivity index (χ1v) is 7.86. The Morgan fingerprint density at radius 2 is 2.00 bits per heavy atom. The van der Waals surface area contributed by atoms with E-state index in [-0.39, 0.29) is 12.5 Å². The van der Waals surface area contributed by atoms with E-state index >= 15 is 0 Å². The summed E-state index contributed by atoms with van der Waals surface area (Å²) in [5, 5.41) is 5.99. The predicted octanol–water partition coefficient (Wildman–Crippen LogP) is 3.23. The summed E-state index contributed by atoms with van der Waals surface area (Å²) in [6.07, 6.45) is 0.849. The fourth-order valence-corrected chi connectivity index (χ4v) is 2.43. The van der Waals surface area contributed by atoms with Crippen LogP contribution in [0.4, 0.5) is 5.69 Å². The zero-order valence-corrected chi connectivity index (χ0v) is 14.0. The maximum absolute atomic E-state index is 11.8. The van der Waals surface area contributed by atoms with Gasteiger partial charge in [0, 0.05) is 10.2 Å². The Bertz CT molecular complexity index is 632. The largest absolute Gasteiger partial charge is 0.497 e. The third kappa shape index (κ3) is 5.50. The Morgan fingerprint density at radius 1 is 1.18 bits per heavy atom. The minimum Gasteiger partial charge on any atom is -0.497 e. The summed E-state index contributed by atoms with van der Waals surface area (Å²) < 4.78 is 6.13. The number of amides is 1. The molecule has 116 valence electrons. The molecule has 0 atom stereocenters. The topological polar surface area (TPSA) is 50.4 Å². The minimum atomic E-state index is -0.0521. The molecule has 0 aromatic heterocycles. The van der Waals surface area contributed by atoms with Crippen LogP contribution in [-0.4, -0.2) is 26.1 Å². The van der Waals surface area contributed by atoms with Gasteiger partial charge in [0.15, 0.2) is 0 Å². The first-order valence-electron chi connectivity index (χ1n) is 7.06. The Labute approximate surface area is 139 Å². The molecule has 0 saturated carbocycles. The number of methoxy groups -OCH3 is 1. The van der Waals surface area contributed by atoms with Gasteiger partial charge in [0.1, 0.15) is 5.75 Å². The Kier molecular flexibility index (Phi) is 6.43. The van der Waals surface area contributed by atoms with Crippen LogP contribution in [0.25, 0.3) is 0 Å². The van der Waals surface area contributed by atoms with Gasteiger partial charge in [0.05, 0.1) is 13.7 Å². The van der Waals surface area contributed by atoms with E-state index < -0.39 is 0 Å². The van der Waals surface area contributed by atoms with Crippen molar-refractivity contribution in [2.45, 2.75) is 6.42 Å². The number of benzene rings is 2. The first-order chi connectivity index (χ1) is 10.7. The molecule has 0 radical (unpaired) electrons. The predicted molar refractivity (Wildman–Crippen MR) is 92.3 cm³/mol. The zero-order chi connectivity index (χ0) is 15.8. The van der Waals surface area contributed by atoms with E-state index in [9.17, 15) is 4.79 Å². The number of carbonyl (C=O) groups is 1. The lowest BCUT2D eigenvalue weighted by molar-refractivity contribution is -0.115. The van der Waals surface area contributed by atoms with Crippen LogP contribution < -0.4 is 15.4 Å². The molecule has 2 aromatic rings. The van der Waals surface area contributed by atoms with Gasteiger partial charge in [0.2, 0.25) is 5.91 Å². The van der Waals surface area contributed by atoms with Crippen molar-refractivity contribution >= 4 is 27.5 Å². The second kappa shape index (κ2) is 8.56. The molecule has 2 rings (SSSR count). The number of halogens is 1. The van der Waals surface area contributed by atoms with Crippen LogP contribution in [0, 0.1) is 0 Å². The highest BCUT2D eigenvalue weighted by Crippen LogP contribution is 2.15. The highest BCUT2D eigenvalue weighted by Gasteiger charge is 2.02. The average molecular weight is 363 g/mol. The summed E-state index contributed by atoms with van der Waals surface area (Å²) >= 11 is 3.38. The van der Waals surface area contributed by atoms with Crippen LogP contribution in [-0.2, 0) is 11.2 Å². The van der Waals surface area contributed by atoms with Gasteiger partial charge in [0.25, 0.3) is 0 Å². The molecule has 22 heavy (non-hydrogen) atoms. The molecule has 0 aliphatic heterocycles. The molecule has 1 amide bonds. The molecular weight excluding hydrogens is 344 g/mol. The minimum absolute atomic E-state index is 0.0521. The SMILES string of the molecule is COc1cccc(CCNCC(=O)Nc2cccc(Br)c2)c1. The van der Waals surface area contributed by atoms with Gasteiger partial charge in [-0.3, -0.25) is 4.79 Å². The number of rotatable bonds is 7. The average Bonchev–Trinajstić information content (AvgIpc) is 2.52. The summed E-state index contributed by atoms with van der Waals surface area (Å²) in [6, 6.07) is 15.5. The van der Waals surface area contributed by atoms with E-state index in [1.165, 1.54) is 5.56 Å². The summed E-state index contributed by atoms with van der Waals surface area (Å²) in [4.78, 5) is 11.8. The summed E-state index contributed by atoms with van der Waals surface area (Å²) in [7, 11) is 1.66. The molecule has 4 nitrogen and oxygen atoms in total. The number of anilines is 1. The van der Waals surface area contributed by atoms with E-state index in [4.69, 9.17) is 4.74 Å². The van der Waals surface area contributed by atoms with Crippen LogP contribution >= 0.6 is 15.9 Å². The molecule has 0 unspecified atom stereocenters. The molecular formula is C17H19BrN2O2. The van der Waals surface area contributed by atoms with Gasteiger partial charge in [-0.25, -0.2) is 0 Å². The Hall–Kier alpha value is -1.85. The molecule has 0 spiro atoms. The second-order valence-electron chi connectivity index (χ2n) is 4.84. The van der Waals surface area contributed by atoms with Gasteiger partial charge in [-0.05, 0) is 48.9 Å². The van der Waals surface area contributed by atoms with Crippen LogP contribution in [0.5, 0.6) is 5.75 Å². The third-order valence-corrected chi connectivity index (χ3v) is 3.61. The molecule has 0 bridgehead atoms. The number of nitrogens with one attached hydrogen (secondary N) is 2. The summed E-state index contributed by atoms with van der Waals surface area (Å²) in [5.41, 5.74) is 1.97. The molecule has 0 aliphatic rings. The van der Waals surface area contributed by atoms with Gasteiger partial charge < -0.3 is 15.4 Å². The molecule has 0 saturated heterocycles. The van der Waals surface area contributed by atoms with Crippen LogP contribution in [0.2, 0.25) is 0 Å². The van der Waals surface area contributed by atoms with Crippen molar-refractivity contribution in [1.82, 2.24) is 5.32 Å². The summed E-state index contributed by atoms with van der Waals surface area (Å²) in [5.74, 6) is 0.800. The first kappa shape index (κ1) is 16.5. The molecule has 0 aliphatic carbocycles. The quantitative estimate of drug-likeness (QED) is 0.743. The smallest absolute Gasteiger partial charge is 0.238 e. The van der Waals surface area contributed by atoms with E-state index in [0.29, 0.717) is 0 Å². The lowest BCUT2D eigenvalue weighted by atomic mass is 10.1. The van der Waals surface area contributed by atoms with Gasteiger partial charge in [-0.15, -0.1) is 0 Å². The lowest BCUT2D eigenvalue weighted by Gasteiger charge is -2.08. The van der Waals surface area contributed by atoms with Crippen LogP contribution in [0.3, 0.4) is 0 Å². The molecule has 2 N–H and O–H groups in total. The molecule has 0 heterocycles. The van der Waals surface area contributed by atoms with Crippen molar-refractivity contribution in [1.29, 1.82) is 0 Å². The molecule has 5 heteroatoms. The fraction of sp³-hybridized carbons (Fsp3) is 0.235. The van der Waals surface area contributed by atoms with Crippen molar-refractivity contribution in [2.75, 3.05) is 25.5 Å². The van der Waals surface area contributed by atoms with E-state index in [1.54, 1.807) is 7.11 Å². The van der Waals surface area contributed by atoms with Gasteiger partial charge in [-0.1, -0.05) is 34.1 Å². The highest BCUT2D eigenvalue weighted by molar-refractivity contribution is 9.10. The zero-order valence-electron chi connectivity index (χ0n) is 12.4. The van der Waals surface area contributed by atoms with Crippen molar-refractivity contribution in [3.63, 3.8) is 0 Å². The van der Waals surface area contributed by atoms with E-state index in [0.717, 1.165) is 28.9 Å². The van der Waals surface area contributed by atoms with Crippen molar-refractivity contribution in [2.24, 2.45) is 0 Å². The second-order valence-corrected chi connectivity index (χ2v) is 5.75. The van der Waals surface area contributed by atoms with Crippen LogP contribution in [0.1, 0.15) is 5.56 Å². The number of ether oxygens (including phenoxy) is 1. The third-order valence-electron chi connectivity index (χ3n) is 3.12. The van der Waals surface area contributed by atoms with Gasteiger partial charge in [-0.2, -0.15) is 0 Å². The standard InChI is InChI=1S/C17H19BrN2O2/c1-22-16-7-2-4-13(10-16)8-9-19-12-17(21)20-15-6-3-5-14(18)11-15/h2-7,10-11,19H,8-9,12H2,1H3,(H,20,21). The van der Waals surface area contributed by atoms with Crippen molar-refractivity contribution in [3.05, 3.63) is 58.6 Å². The Morgan fingerprint density at radius 3 is 2.77 bits per heavy atom. The lowest BCUT2D eigenvalue weighted by Crippen LogP contribution is -2.29.